The molecule has 0 aliphatic carbocycles. The quantitative estimate of drug-likeness (QED) is 0.0169. The maximum Gasteiger partial charge on any atom is 0.472 e. The summed E-state index contributed by atoms with van der Waals surface area (Å²) in [5, 5.41) is 10.6. The Kier molecular flexibility index (Phi) is 70.0. The van der Waals surface area contributed by atoms with Crippen LogP contribution in [0.2, 0.25) is 0 Å². The third kappa shape index (κ3) is 75.6. The van der Waals surface area contributed by atoms with Crippen molar-refractivity contribution >= 4 is 39.5 Å². The van der Waals surface area contributed by atoms with Gasteiger partial charge in [0.1, 0.15) is 19.3 Å². The van der Waals surface area contributed by atoms with Crippen LogP contribution in [0.15, 0.2) is 24.3 Å². The highest BCUT2D eigenvalue weighted by molar-refractivity contribution is 7.47. The van der Waals surface area contributed by atoms with Crippen molar-refractivity contribution in [3.05, 3.63) is 24.3 Å². The summed E-state index contributed by atoms with van der Waals surface area (Å²) in [5.41, 5.74) is 0. The Hall–Kier alpha value is -2.46. The van der Waals surface area contributed by atoms with E-state index in [1.54, 1.807) is 0 Å². The van der Waals surface area contributed by atoms with Crippen molar-refractivity contribution in [2.45, 2.75) is 420 Å². The third-order valence-corrected chi connectivity index (χ3v) is 20.4. The SMILES string of the molecule is CCCCCC/C=C\C=C/CCCCCCCC(=O)O[C@H](COC(=O)CCCCCCCCCCCCCCCC(C)C)COP(=O)(O)OCC(O)COP(=O)(O)OC[C@@H](COC(=O)CCCCCCCCC(C)C)OC(=O)CCCCCCCCCCCCCCCCCCCCC(C)C. The number of phosphoric acid groups is 2. The van der Waals surface area contributed by atoms with Gasteiger partial charge in [0.05, 0.1) is 26.4 Å². The Morgan fingerprint density at radius 2 is 0.535 bits per heavy atom. The molecule has 0 rings (SSSR count). The molecular formula is C82H156O17P2. The molecule has 0 aromatic carbocycles. The Bertz CT molecular complexity index is 2050. The summed E-state index contributed by atoms with van der Waals surface area (Å²) in [7, 11) is -9.93. The smallest absolute Gasteiger partial charge is 0.462 e. The second-order valence-electron chi connectivity index (χ2n) is 30.3. The standard InChI is InChI=1S/C82H156O17P2/c1-8-9-10-11-12-13-14-15-20-26-32-37-42-51-58-65-81(86)98-77(69-92-79(84)63-56-49-41-36-31-28-23-25-30-35-40-47-54-61-74(4)5)71-96-100(88,89)94-67-76(83)68-95-101(90,91)97-72-78(70-93-80(85)64-57-50-45-44-48-55-62-75(6)7)99-82(87)66-59-52-43-38-33-27-22-19-17-16-18-21-24-29-34-39-46-53-60-73(2)3/h13-15,20,73-78,83H,8-12,16-19,21-72H2,1-7H3,(H,88,89)(H,90,91)/b14-13-,20-15-/t76?,77-,78-/m1/s1. The minimum Gasteiger partial charge on any atom is -0.462 e. The zero-order valence-corrected chi connectivity index (χ0v) is 67.6. The van der Waals surface area contributed by atoms with Crippen LogP contribution < -0.4 is 0 Å². The number of aliphatic hydroxyl groups is 1. The number of carbonyl (C=O) groups is 4. The van der Waals surface area contributed by atoms with Crippen molar-refractivity contribution < 1.29 is 80.2 Å². The third-order valence-electron chi connectivity index (χ3n) is 18.5. The van der Waals surface area contributed by atoms with E-state index in [-0.39, 0.29) is 25.7 Å². The largest absolute Gasteiger partial charge is 0.472 e. The van der Waals surface area contributed by atoms with Gasteiger partial charge in [0, 0.05) is 25.7 Å². The molecule has 0 bridgehead atoms. The van der Waals surface area contributed by atoms with Crippen molar-refractivity contribution in [3.8, 4) is 0 Å². The van der Waals surface area contributed by atoms with E-state index in [1.807, 2.05) is 0 Å². The lowest BCUT2D eigenvalue weighted by atomic mass is 10.0. The molecule has 101 heavy (non-hydrogen) atoms. The first kappa shape index (κ1) is 98.5. The molecule has 5 atom stereocenters. The molecule has 17 nitrogen and oxygen atoms in total. The van der Waals surface area contributed by atoms with Gasteiger partial charge in [-0.1, -0.05) is 349 Å². The van der Waals surface area contributed by atoms with E-state index in [9.17, 15) is 43.2 Å². The summed E-state index contributed by atoms with van der Waals surface area (Å²) in [5.74, 6) is 0.143. The van der Waals surface area contributed by atoms with E-state index in [2.05, 4.69) is 72.8 Å². The molecule has 0 amide bonds. The molecule has 0 fully saturated rings. The average molecular weight is 1480 g/mol. The van der Waals surface area contributed by atoms with E-state index in [4.69, 9.17) is 37.0 Å². The summed E-state index contributed by atoms with van der Waals surface area (Å²) >= 11 is 0. The van der Waals surface area contributed by atoms with E-state index >= 15 is 0 Å². The van der Waals surface area contributed by atoms with Crippen molar-refractivity contribution in [1.29, 1.82) is 0 Å². The molecule has 0 aromatic heterocycles. The first-order chi connectivity index (χ1) is 48.7. The molecule has 0 saturated heterocycles. The zero-order valence-electron chi connectivity index (χ0n) is 65.9. The fourth-order valence-electron chi connectivity index (χ4n) is 12.1. The van der Waals surface area contributed by atoms with Crippen LogP contribution in [-0.2, 0) is 65.4 Å². The van der Waals surface area contributed by atoms with E-state index in [1.165, 1.54) is 193 Å². The second-order valence-corrected chi connectivity index (χ2v) is 33.2. The van der Waals surface area contributed by atoms with Crippen LogP contribution in [0, 0.1) is 17.8 Å². The summed E-state index contributed by atoms with van der Waals surface area (Å²) in [6.45, 7) is 11.8. The van der Waals surface area contributed by atoms with Crippen molar-refractivity contribution in [3.63, 3.8) is 0 Å². The minimum atomic E-state index is -4.97. The Morgan fingerprint density at radius 3 is 0.802 bits per heavy atom. The summed E-state index contributed by atoms with van der Waals surface area (Å²) in [4.78, 5) is 73.0. The van der Waals surface area contributed by atoms with Gasteiger partial charge in [-0.05, 0) is 69.1 Å². The fourth-order valence-corrected chi connectivity index (χ4v) is 13.7. The minimum absolute atomic E-state index is 0.0849. The van der Waals surface area contributed by atoms with Gasteiger partial charge in [-0.15, -0.1) is 0 Å². The van der Waals surface area contributed by atoms with Crippen LogP contribution >= 0.6 is 15.6 Å². The van der Waals surface area contributed by atoms with Gasteiger partial charge in [-0.3, -0.25) is 37.3 Å². The molecule has 0 saturated carbocycles. The molecular weight excluding hydrogens is 1320 g/mol. The lowest BCUT2D eigenvalue weighted by Gasteiger charge is -2.21. The normalized spacial score (nSPS) is 14.1. The highest BCUT2D eigenvalue weighted by atomic mass is 31.2. The van der Waals surface area contributed by atoms with Crippen LogP contribution in [0.1, 0.15) is 402 Å². The maximum atomic E-state index is 13.1. The van der Waals surface area contributed by atoms with Gasteiger partial charge in [0.2, 0.25) is 0 Å². The lowest BCUT2D eigenvalue weighted by molar-refractivity contribution is -0.161. The highest BCUT2D eigenvalue weighted by Gasteiger charge is 2.30. The van der Waals surface area contributed by atoms with Gasteiger partial charge in [-0.25, -0.2) is 9.13 Å². The van der Waals surface area contributed by atoms with Crippen molar-refractivity contribution in [2.75, 3.05) is 39.6 Å². The predicted octanol–water partition coefficient (Wildman–Crippen LogP) is 24.1. The second kappa shape index (κ2) is 71.8. The molecule has 0 spiro atoms. The van der Waals surface area contributed by atoms with E-state index in [0.29, 0.717) is 31.6 Å². The number of hydrogen-bond acceptors (Lipinski definition) is 15. The van der Waals surface area contributed by atoms with Gasteiger partial charge < -0.3 is 33.8 Å². The van der Waals surface area contributed by atoms with Crippen LogP contribution in [0.3, 0.4) is 0 Å². The van der Waals surface area contributed by atoms with Crippen molar-refractivity contribution in [1.82, 2.24) is 0 Å². The molecule has 0 aromatic rings. The van der Waals surface area contributed by atoms with Gasteiger partial charge >= 0.3 is 39.5 Å². The molecule has 0 aliphatic heterocycles. The van der Waals surface area contributed by atoms with Crippen LogP contribution in [0.25, 0.3) is 0 Å². The van der Waals surface area contributed by atoms with Gasteiger partial charge in [0.15, 0.2) is 12.2 Å². The monoisotopic (exact) mass is 1480 g/mol. The Labute approximate surface area is 618 Å². The van der Waals surface area contributed by atoms with Crippen LogP contribution in [-0.4, -0.2) is 96.7 Å². The van der Waals surface area contributed by atoms with E-state index < -0.39 is 97.5 Å². The fraction of sp³-hybridized carbons (Fsp3) is 0.902. The number of unbranched alkanes of at least 4 members (excludes halogenated alkanes) is 43. The average Bonchev–Trinajstić information content (AvgIpc) is 0.930. The zero-order chi connectivity index (χ0) is 74.4. The first-order valence-corrected chi connectivity index (χ1v) is 44.7. The number of carbonyl (C=O) groups excluding carboxylic acids is 4. The van der Waals surface area contributed by atoms with Crippen LogP contribution in [0.4, 0.5) is 0 Å². The number of allylic oxidation sites excluding steroid dienone is 4. The lowest BCUT2D eigenvalue weighted by Crippen LogP contribution is -2.30. The number of hydrogen-bond donors (Lipinski definition) is 3. The maximum absolute atomic E-state index is 13.1. The van der Waals surface area contributed by atoms with Gasteiger partial charge in [0.25, 0.3) is 0 Å². The number of rotatable bonds is 78. The van der Waals surface area contributed by atoms with Crippen molar-refractivity contribution in [2.24, 2.45) is 17.8 Å². The number of phosphoric ester groups is 2. The Balaban J connectivity index is 5.22. The van der Waals surface area contributed by atoms with Gasteiger partial charge in [-0.2, -0.15) is 0 Å². The summed E-state index contributed by atoms with van der Waals surface area (Å²) < 4.78 is 68.6. The molecule has 19 heteroatoms. The Morgan fingerprint density at radius 1 is 0.307 bits per heavy atom. The number of esters is 4. The molecule has 596 valence electrons. The summed E-state index contributed by atoms with van der Waals surface area (Å²) in [6, 6.07) is 0. The van der Waals surface area contributed by atoms with Crippen LogP contribution in [0.5, 0.6) is 0 Å². The first-order valence-electron chi connectivity index (χ1n) is 41.7. The topological polar surface area (TPSA) is 237 Å². The summed E-state index contributed by atoms with van der Waals surface area (Å²) in [6.07, 6.45) is 63.5. The molecule has 0 aliphatic rings. The molecule has 3 N–H and O–H groups in total. The highest BCUT2D eigenvalue weighted by Crippen LogP contribution is 2.45. The molecule has 0 radical (unpaired) electrons. The predicted molar refractivity (Wildman–Crippen MR) is 414 cm³/mol. The molecule has 3 unspecified atom stereocenters. The number of aliphatic hydroxyl groups excluding tert-OH is 1. The molecule has 0 heterocycles. The van der Waals surface area contributed by atoms with E-state index in [0.717, 1.165) is 121 Å². The number of ether oxygens (including phenoxy) is 4.